The molecule has 2 fully saturated rings. The van der Waals surface area contributed by atoms with Crippen LogP contribution in [0.4, 0.5) is 5.82 Å². The average Bonchev–Trinajstić information content (AvgIpc) is 3.50. The van der Waals surface area contributed by atoms with Gasteiger partial charge in [-0.1, -0.05) is 6.07 Å². The fraction of sp³-hybridized carbons (Fsp3) is 0.389. The number of piperidine rings is 1. The number of Topliss-reactive ketones (excluding diaryl/α,β-unsaturated/α-hetero) is 1. The van der Waals surface area contributed by atoms with Crippen molar-refractivity contribution >= 4 is 17.4 Å². The van der Waals surface area contributed by atoms with Crippen LogP contribution in [0, 0.1) is 0 Å². The van der Waals surface area contributed by atoms with Crippen LogP contribution in [-0.4, -0.2) is 68.8 Å². The number of carbonyl (C=O) groups is 2. The van der Waals surface area contributed by atoms with E-state index < -0.39 is 0 Å². The third kappa shape index (κ3) is 2.77. The van der Waals surface area contributed by atoms with Crippen molar-refractivity contribution in [3.63, 3.8) is 0 Å². The van der Waals surface area contributed by atoms with Crippen LogP contribution in [0.2, 0.25) is 0 Å². The zero-order valence-electron chi connectivity index (χ0n) is 15.2. The number of allylic oxidation sites excluding steroid dienone is 2. The summed E-state index contributed by atoms with van der Waals surface area (Å²) in [4.78, 5) is 35.3. The summed E-state index contributed by atoms with van der Waals surface area (Å²) < 4.78 is 0. The van der Waals surface area contributed by atoms with Crippen molar-refractivity contribution < 1.29 is 19.8 Å². The van der Waals surface area contributed by atoms with Crippen LogP contribution in [0.15, 0.2) is 36.2 Å². The molecule has 0 spiro atoms. The maximum atomic E-state index is 12.6. The van der Waals surface area contributed by atoms with Crippen LogP contribution in [0.25, 0.3) is 0 Å². The largest absolute Gasteiger partial charge is 0.365 e. The number of aromatic nitrogens is 4. The van der Waals surface area contributed by atoms with E-state index in [2.05, 4.69) is 20.4 Å². The quantitative estimate of drug-likeness (QED) is 0.418. The fourth-order valence-electron chi connectivity index (χ4n) is 3.72. The lowest BCUT2D eigenvalue weighted by Crippen LogP contribution is -2.52. The molecular weight excluding hydrogens is 362 g/mol. The molecule has 2 aromatic rings. The molecule has 2 saturated heterocycles. The molecule has 0 bridgehead atoms. The van der Waals surface area contributed by atoms with E-state index in [1.807, 2.05) is 23.1 Å². The van der Waals surface area contributed by atoms with Crippen molar-refractivity contribution in [2.45, 2.75) is 18.9 Å². The Morgan fingerprint density at radius 2 is 1.89 bits per heavy atom. The molecule has 0 saturated carbocycles. The summed E-state index contributed by atoms with van der Waals surface area (Å²) >= 11 is 0. The topological polar surface area (TPSA) is 107 Å². The van der Waals surface area contributed by atoms with Gasteiger partial charge in [0.05, 0.1) is 5.70 Å². The van der Waals surface area contributed by atoms with Crippen LogP contribution in [0.3, 0.4) is 0 Å². The van der Waals surface area contributed by atoms with Crippen molar-refractivity contribution in [2.24, 2.45) is 0 Å². The van der Waals surface area contributed by atoms with Gasteiger partial charge in [0.15, 0.2) is 5.69 Å². The summed E-state index contributed by atoms with van der Waals surface area (Å²) in [6.45, 7) is 3.10. The van der Waals surface area contributed by atoms with Crippen molar-refractivity contribution in [1.29, 1.82) is 0 Å². The van der Waals surface area contributed by atoms with Crippen molar-refractivity contribution in [2.75, 3.05) is 36.5 Å². The van der Waals surface area contributed by atoms with Gasteiger partial charge in [0.1, 0.15) is 16.8 Å². The highest BCUT2D eigenvalue weighted by atomic mass is 16.5. The second-order valence-corrected chi connectivity index (χ2v) is 7.17. The Bertz CT molecular complexity index is 973. The SMILES string of the molecule is O=C1C(N2CC2)=CC(=O)c2c1n[n+](O)n2NC1CCN(c2ccccn2)CC1. The minimum absolute atomic E-state index is 0.0182. The Hall–Kier alpha value is -3.43. The second-order valence-electron chi connectivity index (χ2n) is 7.17. The van der Waals surface area contributed by atoms with E-state index in [0.29, 0.717) is 10.7 Å². The number of ketones is 2. The summed E-state index contributed by atoms with van der Waals surface area (Å²) in [7, 11) is 0. The normalized spacial score (nSPS) is 19.5. The molecule has 0 amide bonds. The Labute approximate surface area is 160 Å². The standard InChI is InChI=1S/C18H19N7O3/c26-14-11-13(22-9-10-22)18(27)16-17(14)24(25(28)21-16)20-12-4-7-23(8-5-12)15-3-1-2-6-19-15/h1-3,6,11-12H,4-5,7-10H2,(H-,20,21,26,28)/p+1. The molecule has 10 nitrogen and oxygen atoms in total. The van der Waals surface area contributed by atoms with Crippen molar-refractivity contribution in [3.05, 3.63) is 47.6 Å². The van der Waals surface area contributed by atoms with Crippen LogP contribution >= 0.6 is 0 Å². The first-order chi connectivity index (χ1) is 13.6. The lowest BCUT2D eigenvalue weighted by atomic mass is 10.0. The molecule has 2 N–H and O–H groups in total. The summed E-state index contributed by atoms with van der Waals surface area (Å²) in [6.07, 6.45) is 4.69. The van der Waals surface area contributed by atoms with Gasteiger partial charge in [0, 0.05) is 56.1 Å². The van der Waals surface area contributed by atoms with Crippen molar-refractivity contribution in [3.8, 4) is 0 Å². The first-order valence-electron chi connectivity index (χ1n) is 9.34. The zero-order valence-corrected chi connectivity index (χ0v) is 15.2. The molecule has 3 aliphatic rings. The Morgan fingerprint density at radius 3 is 2.57 bits per heavy atom. The van der Waals surface area contributed by atoms with Crippen molar-refractivity contribution in [1.82, 2.24) is 19.8 Å². The molecule has 144 valence electrons. The number of fused-ring (bicyclic) bond motifs is 1. The molecule has 0 radical (unpaired) electrons. The van der Waals surface area contributed by atoms with Gasteiger partial charge in [-0.3, -0.25) is 9.59 Å². The van der Waals surface area contributed by atoms with Gasteiger partial charge < -0.3 is 15.0 Å². The molecule has 2 aliphatic heterocycles. The summed E-state index contributed by atoms with van der Waals surface area (Å²) in [5.41, 5.74) is 3.55. The van der Waals surface area contributed by atoms with Gasteiger partial charge in [0.25, 0.3) is 0 Å². The molecule has 0 unspecified atom stereocenters. The predicted octanol–water partition coefficient (Wildman–Crippen LogP) is -0.406. The number of nitrogens with one attached hydrogen (secondary N) is 1. The first-order valence-corrected chi connectivity index (χ1v) is 9.34. The van der Waals surface area contributed by atoms with Gasteiger partial charge in [-0.05, 0) is 17.2 Å². The molecule has 0 aromatic carbocycles. The van der Waals surface area contributed by atoms with E-state index in [1.165, 1.54) is 10.9 Å². The fourth-order valence-corrected chi connectivity index (χ4v) is 3.72. The van der Waals surface area contributed by atoms with E-state index in [1.54, 1.807) is 6.20 Å². The van der Waals surface area contributed by atoms with E-state index in [4.69, 9.17) is 0 Å². The van der Waals surface area contributed by atoms with Crippen LogP contribution in [-0.2, 0) is 0 Å². The second kappa shape index (κ2) is 6.32. The number of anilines is 1. The van der Waals surface area contributed by atoms with Crippen LogP contribution in [0.5, 0.6) is 0 Å². The van der Waals surface area contributed by atoms with Gasteiger partial charge in [0.2, 0.25) is 17.3 Å². The van der Waals surface area contributed by atoms with E-state index in [-0.39, 0.29) is 29.0 Å². The Balaban J connectivity index is 1.32. The molecule has 1 aliphatic carbocycles. The molecule has 10 heteroatoms. The molecule has 5 rings (SSSR count). The van der Waals surface area contributed by atoms with Crippen LogP contribution in [0.1, 0.15) is 33.8 Å². The van der Waals surface area contributed by atoms with Gasteiger partial charge >= 0.3 is 0 Å². The lowest BCUT2D eigenvalue weighted by Gasteiger charge is -2.31. The highest BCUT2D eigenvalue weighted by Gasteiger charge is 2.41. The first kappa shape index (κ1) is 16.7. The highest BCUT2D eigenvalue weighted by Crippen LogP contribution is 2.25. The van der Waals surface area contributed by atoms with Gasteiger partial charge in [-0.15, -0.1) is 0 Å². The zero-order chi connectivity index (χ0) is 19.3. The van der Waals surface area contributed by atoms with Gasteiger partial charge in [-0.25, -0.2) is 4.98 Å². The molecule has 2 aromatic heterocycles. The third-order valence-corrected chi connectivity index (χ3v) is 5.31. The Morgan fingerprint density at radius 1 is 1.11 bits per heavy atom. The van der Waals surface area contributed by atoms with E-state index in [9.17, 15) is 14.8 Å². The summed E-state index contributed by atoms with van der Waals surface area (Å²) in [5.74, 6) is 0.266. The van der Waals surface area contributed by atoms with Crippen LogP contribution < -0.4 is 15.3 Å². The lowest BCUT2D eigenvalue weighted by molar-refractivity contribution is -1.00. The molecule has 0 atom stereocenters. The number of hydrogen-bond acceptors (Lipinski definition) is 8. The predicted molar refractivity (Wildman–Crippen MR) is 96.8 cm³/mol. The maximum absolute atomic E-state index is 12.6. The number of nitrogens with zero attached hydrogens (tertiary/aromatic N) is 6. The smallest absolute Gasteiger partial charge is 0.234 e. The molecule has 28 heavy (non-hydrogen) atoms. The Kier molecular flexibility index (Phi) is 3.78. The van der Waals surface area contributed by atoms with E-state index in [0.717, 1.165) is 44.8 Å². The number of hydrogen-bond donors (Lipinski definition) is 2. The minimum Gasteiger partial charge on any atom is -0.365 e. The monoisotopic (exact) mass is 382 g/mol. The summed E-state index contributed by atoms with van der Waals surface area (Å²) in [5, 5.41) is 14.1. The summed E-state index contributed by atoms with van der Waals surface area (Å²) in [6, 6.07) is 5.85. The average molecular weight is 382 g/mol. The third-order valence-electron chi connectivity index (χ3n) is 5.31. The number of pyridine rings is 1. The molecular formula is C18H20N7O3+. The minimum atomic E-state index is -0.338. The molecule has 4 heterocycles. The number of carbonyl (C=O) groups excluding carboxylic acids is 2. The number of rotatable bonds is 4. The maximum Gasteiger partial charge on any atom is 0.234 e. The van der Waals surface area contributed by atoms with Gasteiger partial charge in [-0.2, -0.15) is 5.43 Å². The van der Waals surface area contributed by atoms with E-state index >= 15 is 0 Å². The highest BCUT2D eigenvalue weighted by molar-refractivity contribution is 6.22.